The van der Waals surface area contributed by atoms with Crippen LogP contribution in [0.4, 0.5) is 0 Å². The molecule has 41 heavy (non-hydrogen) atoms. The lowest BCUT2D eigenvalue weighted by molar-refractivity contribution is -0.373. The summed E-state index contributed by atoms with van der Waals surface area (Å²) >= 11 is 0. The maximum Gasteiger partial charge on any atom is 0.327 e. The summed E-state index contributed by atoms with van der Waals surface area (Å²) in [6.45, 7) is 15.8. The Morgan fingerprint density at radius 1 is 1.27 bits per heavy atom. The van der Waals surface area contributed by atoms with Crippen molar-refractivity contribution in [3.63, 3.8) is 0 Å². The molecule has 2 saturated carbocycles. The third-order valence-electron chi connectivity index (χ3n) is 9.62. The van der Waals surface area contributed by atoms with Gasteiger partial charge in [0.25, 0.3) is 0 Å². The van der Waals surface area contributed by atoms with Gasteiger partial charge in [-0.3, -0.25) is 14.4 Å². The van der Waals surface area contributed by atoms with Crippen molar-refractivity contribution in [3.8, 4) is 0 Å². The van der Waals surface area contributed by atoms with Gasteiger partial charge in [0.1, 0.15) is 30.0 Å². The van der Waals surface area contributed by atoms with Crippen LogP contribution in [0.5, 0.6) is 0 Å². The van der Waals surface area contributed by atoms with Crippen LogP contribution in [0.3, 0.4) is 0 Å². The van der Waals surface area contributed by atoms with E-state index >= 15 is 0 Å². The van der Waals surface area contributed by atoms with Crippen LogP contribution in [0.25, 0.3) is 0 Å². The molecule has 1 aromatic rings. The lowest BCUT2D eigenvalue weighted by Crippen LogP contribution is -2.86. The first-order valence-corrected chi connectivity index (χ1v) is 14.1. The van der Waals surface area contributed by atoms with Gasteiger partial charge < -0.3 is 29.2 Å². The van der Waals surface area contributed by atoms with Gasteiger partial charge in [-0.2, -0.15) is 0 Å². The first-order chi connectivity index (χ1) is 19.0. The number of esters is 2. The third kappa shape index (κ3) is 4.82. The highest BCUT2D eigenvalue weighted by molar-refractivity contribution is 5.92. The lowest BCUT2D eigenvalue weighted by Gasteiger charge is -2.71. The van der Waals surface area contributed by atoms with Crippen LogP contribution in [0.2, 0.25) is 0 Å². The summed E-state index contributed by atoms with van der Waals surface area (Å²) in [5.74, 6) is -2.24. The fourth-order valence-electron chi connectivity index (χ4n) is 7.84. The lowest BCUT2D eigenvalue weighted by atomic mass is 9.39. The second-order valence-electron chi connectivity index (χ2n) is 12.9. The Labute approximate surface area is 240 Å². The number of aliphatic hydroxyl groups is 2. The van der Waals surface area contributed by atoms with E-state index < -0.39 is 69.6 Å². The van der Waals surface area contributed by atoms with Crippen LogP contribution in [-0.4, -0.2) is 84.7 Å². The summed E-state index contributed by atoms with van der Waals surface area (Å²) in [6.07, 6.45) is 0.592. The molecule has 2 heterocycles. The molecule has 228 valence electrons. The zero-order valence-electron chi connectivity index (χ0n) is 25.0. The number of Topliss-reactive ketones (excluding diaryl/α,β-unsaturated/α-hetero) is 1. The van der Waals surface area contributed by atoms with Gasteiger partial charge in [-0.25, -0.2) is 4.68 Å². The molecule has 3 fully saturated rings. The highest BCUT2D eigenvalue weighted by Gasteiger charge is 2.81. The number of carbonyl (C=O) groups is 3. The molecule has 3 aliphatic rings. The van der Waals surface area contributed by atoms with Gasteiger partial charge in [-0.05, 0) is 39.0 Å². The second kappa shape index (κ2) is 10.6. The van der Waals surface area contributed by atoms with Crippen LogP contribution < -0.4 is 0 Å². The van der Waals surface area contributed by atoms with Gasteiger partial charge in [-0.1, -0.05) is 32.1 Å². The van der Waals surface area contributed by atoms with Crippen LogP contribution >= 0.6 is 0 Å². The van der Waals surface area contributed by atoms with E-state index in [0.29, 0.717) is 18.5 Å². The molecule has 1 aromatic heterocycles. The Morgan fingerprint density at radius 2 is 1.95 bits per heavy atom. The van der Waals surface area contributed by atoms with E-state index in [0.717, 1.165) is 0 Å². The van der Waals surface area contributed by atoms with Crippen LogP contribution in [0, 0.1) is 16.7 Å². The predicted molar refractivity (Wildman–Crippen MR) is 144 cm³/mol. The molecule has 1 saturated heterocycles. The van der Waals surface area contributed by atoms with E-state index in [2.05, 4.69) is 16.9 Å². The standard InChI is InChI=1S/C29H43N3O9/c1-9-26(6)13-19(34)29(37)27(7)20(39-16-18-14-32(31-30-18)15-21(35)38-10-2)11-12-25(4,5)23(27)22(40-17(3)33)24(36)28(29,8)41-26/h9,14,20,22-24,36-37H,1,10-13,15-16H2,2-8H3/t20-,22-,23-,24-,26-,27-,28+,29-/m0/s1. The van der Waals surface area contributed by atoms with Gasteiger partial charge in [0.15, 0.2) is 11.4 Å². The minimum atomic E-state index is -2.22. The van der Waals surface area contributed by atoms with Gasteiger partial charge in [0, 0.05) is 24.7 Å². The zero-order valence-corrected chi connectivity index (χ0v) is 25.0. The molecule has 12 heteroatoms. The van der Waals surface area contributed by atoms with Gasteiger partial charge >= 0.3 is 11.9 Å². The van der Waals surface area contributed by atoms with Crippen LogP contribution in [0.15, 0.2) is 18.9 Å². The van der Waals surface area contributed by atoms with E-state index in [1.54, 1.807) is 27.0 Å². The molecular weight excluding hydrogens is 534 g/mol. The maximum absolute atomic E-state index is 14.1. The van der Waals surface area contributed by atoms with E-state index in [9.17, 15) is 24.6 Å². The molecule has 2 N–H and O–H groups in total. The van der Waals surface area contributed by atoms with E-state index in [-0.39, 0.29) is 26.2 Å². The van der Waals surface area contributed by atoms with Crippen molar-refractivity contribution < 1.29 is 43.5 Å². The number of hydrogen-bond acceptors (Lipinski definition) is 11. The number of nitrogens with zero attached hydrogens (tertiary/aromatic N) is 3. The van der Waals surface area contributed by atoms with Crippen molar-refractivity contribution in [2.24, 2.45) is 16.7 Å². The summed E-state index contributed by atoms with van der Waals surface area (Å²) in [6, 6.07) is 0. The van der Waals surface area contributed by atoms with Crippen molar-refractivity contribution >= 4 is 17.7 Å². The fourth-order valence-corrected chi connectivity index (χ4v) is 7.84. The summed E-state index contributed by atoms with van der Waals surface area (Å²) in [7, 11) is 0. The Balaban J connectivity index is 1.77. The number of aromatic nitrogens is 3. The SMILES string of the molecule is C=C[C@@]1(C)CC(=O)[C@]2(O)[C@@]3(C)[C@@H](OCc4cn(CC(=O)OCC)nn4)CCC(C)(C)[C@@H]3[C@H](OC(C)=O)[C@H](O)[C@@]2(C)O1. The maximum atomic E-state index is 14.1. The number of fused-ring (bicyclic) bond motifs is 3. The number of aliphatic hydroxyl groups excluding tert-OH is 1. The number of ketones is 1. The Bertz CT molecular complexity index is 1220. The quantitative estimate of drug-likeness (QED) is 0.343. The molecule has 0 aromatic carbocycles. The third-order valence-corrected chi connectivity index (χ3v) is 9.62. The summed E-state index contributed by atoms with van der Waals surface area (Å²) < 4.78 is 24.9. The number of carbonyl (C=O) groups excluding carboxylic acids is 3. The molecule has 0 spiro atoms. The fraction of sp³-hybridized carbons (Fsp3) is 0.759. The first-order valence-electron chi connectivity index (χ1n) is 14.1. The normalized spacial score (nSPS) is 39.8. The average Bonchev–Trinajstić information content (AvgIpc) is 3.31. The molecule has 0 unspecified atom stereocenters. The monoisotopic (exact) mass is 577 g/mol. The Kier molecular flexibility index (Phi) is 8.05. The minimum Gasteiger partial charge on any atom is -0.465 e. The Hall–Kier alpha value is -2.67. The van der Waals surface area contributed by atoms with Crippen molar-refractivity contribution in [2.45, 2.75) is 116 Å². The number of ether oxygens (including phenoxy) is 4. The van der Waals surface area contributed by atoms with Gasteiger partial charge in [0.05, 0.1) is 31.1 Å². The molecule has 0 radical (unpaired) electrons. The molecular formula is C29H43N3O9. The summed E-state index contributed by atoms with van der Waals surface area (Å²) in [5.41, 5.74) is -6.76. The molecule has 0 amide bonds. The highest BCUT2D eigenvalue weighted by atomic mass is 16.6. The smallest absolute Gasteiger partial charge is 0.327 e. The van der Waals surface area contributed by atoms with Crippen molar-refractivity contribution in [2.75, 3.05) is 6.61 Å². The topological polar surface area (TPSA) is 159 Å². The zero-order chi connectivity index (χ0) is 30.6. The molecule has 1 aliphatic heterocycles. The van der Waals surface area contributed by atoms with E-state index in [1.165, 1.54) is 24.6 Å². The average molecular weight is 578 g/mol. The highest BCUT2D eigenvalue weighted by Crippen LogP contribution is 2.67. The summed E-state index contributed by atoms with van der Waals surface area (Å²) in [4.78, 5) is 38.3. The molecule has 2 aliphatic carbocycles. The van der Waals surface area contributed by atoms with Crippen LogP contribution in [0.1, 0.15) is 73.4 Å². The predicted octanol–water partition coefficient (Wildman–Crippen LogP) is 1.90. The minimum absolute atomic E-state index is 0.0246. The van der Waals surface area contributed by atoms with Crippen molar-refractivity contribution in [1.82, 2.24) is 15.0 Å². The van der Waals surface area contributed by atoms with E-state index in [1.807, 2.05) is 13.8 Å². The van der Waals surface area contributed by atoms with Gasteiger partial charge in [0.2, 0.25) is 0 Å². The summed E-state index contributed by atoms with van der Waals surface area (Å²) in [5, 5.41) is 32.6. The molecule has 0 bridgehead atoms. The van der Waals surface area contributed by atoms with Gasteiger partial charge in [-0.15, -0.1) is 11.7 Å². The number of rotatable bonds is 8. The van der Waals surface area contributed by atoms with Crippen molar-refractivity contribution in [3.05, 3.63) is 24.5 Å². The molecule has 4 rings (SSSR count). The number of hydrogen-bond donors (Lipinski definition) is 2. The first kappa shape index (κ1) is 31.3. The van der Waals surface area contributed by atoms with Crippen molar-refractivity contribution in [1.29, 1.82) is 0 Å². The van der Waals surface area contributed by atoms with Crippen LogP contribution in [-0.2, 0) is 46.5 Å². The molecule has 8 atom stereocenters. The Morgan fingerprint density at radius 3 is 2.56 bits per heavy atom. The van der Waals surface area contributed by atoms with E-state index in [4.69, 9.17) is 18.9 Å². The second-order valence-corrected chi connectivity index (χ2v) is 12.9. The largest absolute Gasteiger partial charge is 0.465 e. The molecule has 12 nitrogen and oxygen atoms in total.